The van der Waals surface area contributed by atoms with Crippen molar-refractivity contribution < 1.29 is 19.5 Å². The number of nitrogens with zero attached hydrogens (tertiary/aromatic N) is 5. The molecule has 0 fully saturated rings. The van der Waals surface area contributed by atoms with Crippen molar-refractivity contribution in [3.8, 4) is 0 Å². The van der Waals surface area contributed by atoms with Crippen LogP contribution in [0.5, 0.6) is 0 Å². The van der Waals surface area contributed by atoms with Gasteiger partial charge in [0.15, 0.2) is 23.5 Å². The summed E-state index contributed by atoms with van der Waals surface area (Å²) < 4.78 is 13.2. The molecule has 1 atom stereocenters. The van der Waals surface area contributed by atoms with Gasteiger partial charge in [-0.25, -0.2) is 15.0 Å². The van der Waals surface area contributed by atoms with Crippen molar-refractivity contribution in [1.82, 2.24) is 19.5 Å². The number of fused-ring (bicyclic) bond motifs is 1. The summed E-state index contributed by atoms with van der Waals surface area (Å²) in [6, 6.07) is 6.32. The molecule has 0 amide bonds. The number of imidazole rings is 1. The molecule has 4 rings (SSSR count). The molecule has 11 heteroatoms. The number of para-hydroxylation sites is 1. The van der Waals surface area contributed by atoms with Crippen molar-refractivity contribution in [2.75, 3.05) is 12.3 Å². The van der Waals surface area contributed by atoms with E-state index < -0.39 is 11.2 Å². The summed E-state index contributed by atoms with van der Waals surface area (Å²) in [5, 5.41) is 20.7. The Labute approximate surface area is 158 Å². The molecule has 0 radical (unpaired) electrons. The fourth-order valence-electron chi connectivity index (χ4n) is 3.02. The Morgan fingerprint density at radius 2 is 2.18 bits per heavy atom. The molecule has 3 heterocycles. The van der Waals surface area contributed by atoms with E-state index in [0.717, 1.165) is 0 Å². The number of aromatic nitrogens is 4. The van der Waals surface area contributed by atoms with Crippen LogP contribution in [0.25, 0.3) is 11.2 Å². The zero-order chi connectivity index (χ0) is 19.7. The SMILES string of the molecule is Nc1ncnc2c1ncn2C1CC(OCc2ccccc2[N+](=O)[O-])=C(CO)O1. The van der Waals surface area contributed by atoms with E-state index in [9.17, 15) is 15.2 Å². The van der Waals surface area contributed by atoms with Crippen molar-refractivity contribution in [2.24, 2.45) is 0 Å². The van der Waals surface area contributed by atoms with Gasteiger partial charge in [0.05, 0.1) is 16.9 Å². The number of hydrogen-bond acceptors (Lipinski definition) is 9. The standard InChI is InChI=1S/C17H16N6O5/c18-16-15-17(20-8-19-16)22(9-21-15)14-5-12(13(6-24)28-14)27-7-10-3-1-2-4-11(10)23(25)26/h1-4,8-9,14,24H,5-7H2,(H2,18,19,20). The Balaban J connectivity index is 1.54. The second-order valence-electron chi connectivity index (χ2n) is 6.04. The maximum Gasteiger partial charge on any atom is 0.276 e. The number of nitro benzene ring substituents is 1. The fraction of sp³-hybridized carbons (Fsp3) is 0.235. The minimum Gasteiger partial charge on any atom is -0.489 e. The number of hydrogen-bond donors (Lipinski definition) is 2. The highest BCUT2D eigenvalue weighted by Gasteiger charge is 2.30. The van der Waals surface area contributed by atoms with Gasteiger partial charge in [0.25, 0.3) is 5.69 Å². The highest BCUT2D eigenvalue weighted by atomic mass is 16.6. The zero-order valence-corrected chi connectivity index (χ0v) is 14.6. The summed E-state index contributed by atoms with van der Waals surface area (Å²) in [6.45, 7) is -0.391. The van der Waals surface area contributed by atoms with Crippen LogP contribution < -0.4 is 5.73 Å². The Bertz CT molecular complexity index is 1080. The molecule has 1 aliphatic rings. The van der Waals surface area contributed by atoms with E-state index in [1.165, 1.54) is 18.7 Å². The molecule has 28 heavy (non-hydrogen) atoms. The molecule has 144 valence electrons. The number of aliphatic hydroxyl groups excluding tert-OH is 1. The predicted octanol–water partition coefficient (Wildman–Crippen LogP) is 1.66. The molecule has 0 spiro atoms. The molecule has 0 saturated heterocycles. The summed E-state index contributed by atoms with van der Waals surface area (Å²) in [5.41, 5.74) is 7.14. The molecule has 3 aromatic rings. The second kappa shape index (κ2) is 7.12. The number of aliphatic hydroxyl groups is 1. The van der Waals surface area contributed by atoms with E-state index in [4.69, 9.17) is 15.2 Å². The van der Waals surface area contributed by atoms with Gasteiger partial charge in [-0.3, -0.25) is 14.7 Å². The van der Waals surface area contributed by atoms with Crippen molar-refractivity contribution in [3.05, 3.63) is 64.1 Å². The normalized spacial score (nSPS) is 16.4. The fourth-order valence-corrected chi connectivity index (χ4v) is 3.02. The molecule has 11 nitrogen and oxygen atoms in total. The van der Waals surface area contributed by atoms with E-state index in [0.29, 0.717) is 28.9 Å². The third-order valence-corrected chi connectivity index (χ3v) is 4.38. The van der Waals surface area contributed by atoms with E-state index in [-0.39, 0.29) is 30.5 Å². The predicted molar refractivity (Wildman–Crippen MR) is 96.5 cm³/mol. The molecule has 0 bridgehead atoms. The summed E-state index contributed by atoms with van der Waals surface area (Å²) >= 11 is 0. The van der Waals surface area contributed by atoms with Crippen LogP contribution in [0.2, 0.25) is 0 Å². The van der Waals surface area contributed by atoms with Crippen LogP contribution in [0.15, 0.2) is 48.4 Å². The molecular formula is C17H16N6O5. The first kappa shape index (κ1) is 17.7. The third kappa shape index (κ3) is 3.07. The van der Waals surface area contributed by atoms with Crippen LogP contribution in [-0.4, -0.2) is 36.2 Å². The summed E-state index contributed by atoms with van der Waals surface area (Å²) in [5.74, 6) is 0.923. The van der Waals surface area contributed by atoms with Gasteiger partial charge in [-0.15, -0.1) is 0 Å². The van der Waals surface area contributed by atoms with Gasteiger partial charge in [0.2, 0.25) is 0 Å². The number of benzene rings is 1. The van der Waals surface area contributed by atoms with E-state index in [1.807, 2.05) is 0 Å². The highest BCUT2D eigenvalue weighted by molar-refractivity contribution is 5.81. The third-order valence-electron chi connectivity index (χ3n) is 4.38. The lowest BCUT2D eigenvalue weighted by molar-refractivity contribution is -0.385. The summed E-state index contributed by atoms with van der Waals surface area (Å²) in [7, 11) is 0. The first-order chi connectivity index (χ1) is 13.6. The minimum atomic E-state index is -0.540. The van der Waals surface area contributed by atoms with Crippen molar-refractivity contribution in [1.29, 1.82) is 0 Å². The van der Waals surface area contributed by atoms with Gasteiger partial charge in [0.1, 0.15) is 37.1 Å². The van der Waals surface area contributed by atoms with Gasteiger partial charge >= 0.3 is 0 Å². The lowest BCUT2D eigenvalue weighted by Gasteiger charge is -2.13. The molecule has 0 aliphatic carbocycles. The molecule has 3 N–H and O–H groups in total. The van der Waals surface area contributed by atoms with Crippen molar-refractivity contribution in [2.45, 2.75) is 19.3 Å². The number of ether oxygens (including phenoxy) is 2. The van der Waals surface area contributed by atoms with E-state index in [2.05, 4.69) is 15.0 Å². The monoisotopic (exact) mass is 384 g/mol. The van der Waals surface area contributed by atoms with E-state index >= 15 is 0 Å². The molecule has 1 aliphatic heterocycles. The smallest absolute Gasteiger partial charge is 0.276 e. The topological polar surface area (TPSA) is 151 Å². The second-order valence-corrected chi connectivity index (χ2v) is 6.04. The van der Waals surface area contributed by atoms with Crippen LogP contribution in [-0.2, 0) is 16.1 Å². The van der Waals surface area contributed by atoms with Gasteiger partial charge in [-0.05, 0) is 6.07 Å². The van der Waals surface area contributed by atoms with Crippen molar-refractivity contribution in [3.63, 3.8) is 0 Å². The highest BCUT2D eigenvalue weighted by Crippen LogP contribution is 2.35. The van der Waals surface area contributed by atoms with Gasteiger partial charge in [-0.2, -0.15) is 0 Å². The zero-order valence-electron chi connectivity index (χ0n) is 14.6. The van der Waals surface area contributed by atoms with Gasteiger partial charge in [-0.1, -0.05) is 12.1 Å². The molecular weight excluding hydrogens is 368 g/mol. The number of anilines is 1. The molecule has 0 saturated carbocycles. The maximum atomic E-state index is 11.1. The summed E-state index contributed by atoms with van der Waals surface area (Å²) in [4.78, 5) is 23.0. The van der Waals surface area contributed by atoms with Crippen LogP contribution in [0.1, 0.15) is 18.2 Å². The lowest BCUT2D eigenvalue weighted by Crippen LogP contribution is -2.09. The Morgan fingerprint density at radius 3 is 2.96 bits per heavy atom. The average Bonchev–Trinajstić information content (AvgIpc) is 3.31. The average molecular weight is 384 g/mol. The number of rotatable bonds is 6. The first-order valence-corrected chi connectivity index (χ1v) is 8.36. The maximum absolute atomic E-state index is 11.1. The number of nitrogens with two attached hydrogens (primary N) is 1. The van der Waals surface area contributed by atoms with Gasteiger partial charge in [0, 0.05) is 6.07 Å². The van der Waals surface area contributed by atoms with Crippen LogP contribution in [0, 0.1) is 10.1 Å². The Morgan fingerprint density at radius 1 is 1.36 bits per heavy atom. The molecule has 2 aromatic heterocycles. The lowest BCUT2D eigenvalue weighted by atomic mass is 10.2. The van der Waals surface area contributed by atoms with Crippen LogP contribution in [0.3, 0.4) is 0 Å². The number of nitrogen functional groups attached to an aromatic ring is 1. The quantitative estimate of drug-likeness (QED) is 0.477. The van der Waals surface area contributed by atoms with Crippen molar-refractivity contribution >= 4 is 22.7 Å². The van der Waals surface area contributed by atoms with E-state index in [1.54, 1.807) is 22.8 Å². The molecule has 1 aromatic carbocycles. The van der Waals surface area contributed by atoms with Gasteiger partial charge < -0.3 is 20.3 Å². The molecule has 1 unspecified atom stereocenters. The van der Waals surface area contributed by atoms with Crippen LogP contribution in [0.4, 0.5) is 11.5 Å². The minimum absolute atomic E-state index is 0.0220. The van der Waals surface area contributed by atoms with Crippen LogP contribution >= 0.6 is 0 Å². The summed E-state index contributed by atoms with van der Waals surface area (Å²) in [6.07, 6.45) is 2.62. The largest absolute Gasteiger partial charge is 0.489 e. The Hall–Kier alpha value is -3.73. The number of nitro groups is 1. The first-order valence-electron chi connectivity index (χ1n) is 8.36. The Kier molecular flexibility index (Phi) is 4.49.